The van der Waals surface area contributed by atoms with Crippen LogP contribution in [-0.4, -0.2) is 17.4 Å². The average molecular weight is 348 g/mol. The smallest absolute Gasteiger partial charge is 0.251 e. The Labute approximate surface area is 153 Å². The lowest BCUT2D eigenvalue weighted by Crippen LogP contribution is -2.27. The van der Waals surface area contributed by atoms with Crippen LogP contribution >= 0.6 is 0 Å². The topological polar surface area (TPSA) is 62.0 Å². The Kier molecular flexibility index (Phi) is 4.94. The Morgan fingerprint density at radius 3 is 2.42 bits per heavy atom. The largest absolute Gasteiger partial charge is 0.352 e. The highest BCUT2D eigenvalue weighted by Crippen LogP contribution is 2.19. The van der Waals surface area contributed by atoms with Crippen molar-refractivity contribution in [3.63, 3.8) is 0 Å². The van der Waals surface area contributed by atoms with Gasteiger partial charge < -0.3 is 10.3 Å². The molecule has 134 valence electrons. The summed E-state index contributed by atoms with van der Waals surface area (Å²) in [5.74, 6) is -0.114. The molecule has 0 radical (unpaired) electrons. The van der Waals surface area contributed by atoms with Gasteiger partial charge in [0.15, 0.2) is 0 Å². The molecular weight excluding hydrogens is 324 g/mol. The van der Waals surface area contributed by atoms with Crippen molar-refractivity contribution >= 4 is 16.8 Å². The molecular formula is C22H24N2O2. The van der Waals surface area contributed by atoms with Crippen LogP contribution < -0.4 is 10.9 Å². The van der Waals surface area contributed by atoms with E-state index >= 15 is 0 Å². The van der Waals surface area contributed by atoms with E-state index < -0.39 is 0 Å². The van der Waals surface area contributed by atoms with Crippen LogP contribution in [0.3, 0.4) is 0 Å². The van der Waals surface area contributed by atoms with E-state index in [1.165, 1.54) is 0 Å². The van der Waals surface area contributed by atoms with E-state index in [9.17, 15) is 9.59 Å². The molecule has 1 amide bonds. The number of aromatic nitrogens is 1. The van der Waals surface area contributed by atoms with Crippen LogP contribution in [-0.2, 0) is 6.42 Å². The Bertz CT molecular complexity index is 1050. The summed E-state index contributed by atoms with van der Waals surface area (Å²) in [5, 5.41) is 3.92. The van der Waals surface area contributed by atoms with Crippen molar-refractivity contribution in [3.8, 4) is 0 Å². The summed E-state index contributed by atoms with van der Waals surface area (Å²) in [7, 11) is 0. The van der Waals surface area contributed by atoms with Crippen LogP contribution in [0.1, 0.15) is 38.2 Å². The summed E-state index contributed by atoms with van der Waals surface area (Å²) in [6, 6.07) is 11.7. The molecule has 0 atom stereocenters. The van der Waals surface area contributed by atoms with Crippen molar-refractivity contribution < 1.29 is 4.79 Å². The first kappa shape index (κ1) is 17.9. The molecule has 0 fully saturated rings. The van der Waals surface area contributed by atoms with Crippen molar-refractivity contribution in [1.29, 1.82) is 0 Å². The minimum absolute atomic E-state index is 0.0911. The molecule has 1 aromatic heterocycles. The van der Waals surface area contributed by atoms with Crippen molar-refractivity contribution in [2.45, 2.75) is 34.1 Å². The van der Waals surface area contributed by atoms with E-state index in [2.05, 4.69) is 16.4 Å². The molecule has 2 aromatic carbocycles. The molecule has 3 aromatic rings. The maximum Gasteiger partial charge on any atom is 0.251 e. The van der Waals surface area contributed by atoms with Crippen LogP contribution in [0.15, 0.2) is 41.2 Å². The number of aromatic amines is 1. The lowest BCUT2D eigenvalue weighted by molar-refractivity contribution is 0.0954. The van der Waals surface area contributed by atoms with Crippen LogP contribution in [0.2, 0.25) is 0 Å². The molecule has 0 unspecified atom stereocenters. The van der Waals surface area contributed by atoms with Crippen molar-refractivity contribution in [2.75, 3.05) is 6.54 Å². The van der Waals surface area contributed by atoms with E-state index in [1.807, 2.05) is 58.0 Å². The fourth-order valence-corrected chi connectivity index (χ4v) is 3.05. The van der Waals surface area contributed by atoms with Crippen LogP contribution in [0.25, 0.3) is 10.9 Å². The van der Waals surface area contributed by atoms with Gasteiger partial charge in [-0.15, -0.1) is 0 Å². The number of aryl methyl sites for hydroxylation is 4. The predicted octanol–water partition coefficient (Wildman–Crippen LogP) is 3.73. The maximum atomic E-state index is 12.4. The molecule has 1 heterocycles. The van der Waals surface area contributed by atoms with Gasteiger partial charge in [-0.2, -0.15) is 0 Å². The number of hydrogen-bond donors (Lipinski definition) is 2. The molecule has 4 heteroatoms. The number of H-pyrrole nitrogens is 1. The fraction of sp³-hybridized carbons (Fsp3) is 0.273. The fourth-order valence-electron chi connectivity index (χ4n) is 3.05. The summed E-state index contributed by atoms with van der Waals surface area (Å²) in [6.45, 7) is 8.47. The Balaban J connectivity index is 1.72. The number of carbonyl (C=O) groups excluding carboxylic acids is 1. The zero-order valence-electron chi connectivity index (χ0n) is 15.7. The number of nitrogens with one attached hydrogen (secondary N) is 2. The Hall–Kier alpha value is -2.88. The third kappa shape index (κ3) is 3.54. The second-order valence-corrected chi connectivity index (χ2v) is 6.90. The first-order valence-electron chi connectivity index (χ1n) is 8.84. The lowest BCUT2D eigenvalue weighted by atomic mass is 10.0. The summed E-state index contributed by atoms with van der Waals surface area (Å²) < 4.78 is 0. The standard InChI is InChI=1S/C22H24N2O2/c1-13-5-8-18(11-15(13)3)21(25)23-10-9-19-12-17-7-6-14(2)16(4)20(17)24-22(19)26/h5-8,11-12H,9-10H2,1-4H3,(H,23,25)(H,24,26). The van der Waals surface area contributed by atoms with Gasteiger partial charge >= 0.3 is 0 Å². The van der Waals surface area contributed by atoms with Gasteiger partial charge in [0.25, 0.3) is 11.5 Å². The van der Waals surface area contributed by atoms with Crippen LogP contribution in [0.5, 0.6) is 0 Å². The van der Waals surface area contributed by atoms with Crippen molar-refractivity contribution in [1.82, 2.24) is 10.3 Å². The maximum absolute atomic E-state index is 12.4. The van der Waals surface area contributed by atoms with Crippen molar-refractivity contribution in [2.24, 2.45) is 0 Å². The molecule has 2 N–H and O–H groups in total. The van der Waals surface area contributed by atoms with Gasteiger partial charge in [-0.05, 0) is 80.0 Å². The molecule has 0 spiro atoms. The number of hydrogen-bond acceptors (Lipinski definition) is 2. The van der Waals surface area contributed by atoms with Crippen LogP contribution in [0.4, 0.5) is 0 Å². The zero-order chi connectivity index (χ0) is 18.8. The minimum atomic E-state index is -0.114. The zero-order valence-corrected chi connectivity index (χ0v) is 15.7. The normalized spacial score (nSPS) is 10.9. The minimum Gasteiger partial charge on any atom is -0.352 e. The summed E-state index contributed by atoms with van der Waals surface area (Å²) >= 11 is 0. The third-order valence-corrected chi connectivity index (χ3v) is 5.08. The first-order valence-corrected chi connectivity index (χ1v) is 8.84. The summed E-state index contributed by atoms with van der Waals surface area (Å²) in [4.78, 5) is 27.6. The molecule has 0 saturated heterocycles. The highest BCUT2D eigenvalue weighted by molar-refractivity contribution is 5.94. The molecule has 0 bridgehead atoms. The second kappa shape index (κ2) is 7.16. The summed E-state index contributed by atoms with van der Waals surface area (Å²) in [5.41, 5.74) is 6.62. The molecule has 26 heavy (non-hydrogen) atoms. The highest BCUT2D eigenvalue weighted by atomic mass is 16.1. The molecule has 0 saturated carbocycles. The van der Waals surface area contributed by atoms with Gasteiger partial charge in [-0.3, -0.25) is 9.59 Å². The Morgan fingerprint density at radius 2 is 1.69 bits per heavy atom. The predicted molar refractivity (Wildman–Crippen MR) is 106 cm³/mol. The van der Waals surface area contributed by atoms with Gasteiger partial charge in [0.2, 0.25) is 0 Å². The molecule has 0 aliphatic rings. The highest BCUT2D eigenvalue weighted by Gasteiger charge is 2.09. The quantitative estimate of drug-likeness (QED) is 0.754. The van der Waals surface area contributed by atoms with Gasteiger partial charge in [0.05, 0.1) is 5.52 Å². The van der Waals surface area contributed by atoms with Gasteiger partial charge in [0.1, 0.15) is 0 Å². The molecule has 0 aliphatic heterocycles. The van der Waals surface area contributed by atoms with Gasteiger partial charge in [-0.1, -0.05) is 18.2 Å². The van der Waals surface area contributed by atoms with Crippen LogP contribution in [0, 0.1) is 27.7 Å². The molecule has 4 nitrogen and oxygen atoms in total. The summed E-state index contributed by atoms with van der Waals surface area (Å²) in [6.07, 6.45) is 0.495. The third-order valence-electron chi connectivity index (χ3n) is 5.08. The van der Waals surface area contributed by atoms with Crippen molar-refractivity contribution in [3.05, 3.63) is 80.1 Å². The number of rotatable bonds is 4. The van der Waals surface area contributed by atoms with Gasteiger partial charge in [0, 0.05) is 17.7 Å². The number of pyridine rings is 1. The average Bonchev–Trinajstić information content (AvgIpc) is 2.61. The number of amides is 1. The number of benzene rings is 2. The van der Waals surface area contributed by atoms with E-state index in [0.717, 1.165) is 33.2 Å². The molecule has 3 rings (SSSR count). The lowest BCUT2D eigenvalue weighted by Gasteiger charge is -2.09. The molecule has 0 aliphatic carbocycles. The van der Waals surface area contributed by atoms with E-state index in [0.29, 0.717) is 24.1 Å². The SMILES string of the molecule is Cc1ccc(C(=O)NCCc2cc3ccc(C)c(C)c3[nH]c2=O)cc1C. The number of carbonyl (C=O) groups is 1. The van der Waals surface area contributed by atoms with E-state index in [-0.39, 0.29) is 11.5 Å². The number of fused-ring (bicyclic) bond motifs is 1. The van der Waals surface area contributed by atoms with Gasteiger partial charge in [-0.25, -0.2) is 0 Å². The van der Waals surface area contributed by atoms with E-state index in [4.69, 9.17) is 0 Å². The van der Waals surface area contributed by atoms with E-state index in [1.54, 1.807) is 0 Å². The Morgan fingerprint density at radius 1 is 0.962 bits per heavy atom. The monoisotopic (exact) mass is 348 g/mol. The first-order chi connectivity index (χ1) is 12.4. The second-order valence-electron chi connectivity index (χ2n) is 6.90.